The molecule has 0 saturated carbocycles. The Morgan fingerprint density at radius 3 is 2.75 bits per heavy atom. The molecule has 0 aromatic carbocycles. The van der Waals surface area contributed by atoms with E-state index in [1.807, 2.05) is 41.4 Å². The standard InChI is InChI=1S/C9H14N6S/c1-13-5-4-10-7(13)6-14(2)8-11-12-9(16)15(8)3/h4-5H,6H2,1-3H3,(H,12,16). The van der Waals surface area contributed by atoms with Gasteiger partial charge in [0.2, 0.25) is 5.95 Å². The summed E-state index contributed by atoms with van der Waals surface area (Å²) in [5.74, 6) is 1.78. The van der Waals surface area contributed by atoms with Gasteiger partial charge in [-0.15, -0.1) is 5.10 Å². The summed E-state index contributed by atoms with van der Waals surface area (Å²) in [6, 6.07) is 0. The maximum absolute atomic E-state index is 5.06. The smallest absolute Gasteiger partial charge is 0.225 e. The molecule has 0 bridgehead atoms. The van der Waals surface area contributed by atoms with Crippen LogP contribution in [0.3, 0.4) is 0 Å². The molecule has 0 atom stereocenters. The SMILES string of the molecule is CN(Cc1nccn1C)c1n[nH]c(=S)n1C. The number of H-pyrrole nitrogens is 1. The summed E-state index contributed by atoms with van der Waals surface area (Å²) in [7, 11) is 5.81. The number of imidazole rings is 1. The highest BCUT2D eigenvalue weighted by Crippen LogP contribution is 2.10. The zero-order valence-electron chi connectivity index (χ0n) is 9.51. The molecule has 0 spiro atoms. The topological polar surface area (TPSA) is 54.7 Å². The Morgan fingerprint density at radius 2 is 2.25 bits per heavy atom. The van der Waals surface area contributed by atoms with Crippen molar-refractivity contribution in [2.75, 3.05) is 11.9 Å². The summed E-state index contributed by atoms with van der Waals surface area (Å²) in [4.78, 5) is 6.26. The van der Waals surface area contributed by atoms with Crippen molar-refractivity contribution in [1.82, 2.24) is 24.3 Å². The molecule has 7 heteroatoms. The number of nitrogens with zero attached hydrogens (tertiary/aromatic N) is 5. The van der Waals surface area contributed by atoms with E-state index >= 15 is 0 Å². The van der Waals surface area contributed by atoms with Crippen molar-refractivity contribution >= 4 is 18.2 Å². The van der Waals surface area contributed by atoms with Crippen molar-refractivity contribution in [3.63, 3.8) is 0 Å². The van der Waals surface area contributed by atoms with E-state index in [0.717, 1.165) is 11.8 Å². The summed E-state index contributed by atoms with van der Waals surface area (Å²) in [5.41, 5.74) is 0. The number of hydrogen-bond donors (Lipinski definition) is 1. The minimum absolute atomic E-state index is 0.613. The normalized spacial score (nSPS) is 10.7. The lowest BCUT2D eigenvalue weighted by molar-refractivity contribution is 0.729. The minimum Gasteiger partial charge on any atom is -0.337 e. The van der Waals surface area contributed by atoms with E-state index in [1.165, 1.54) is 0 Å². The number of aromatic nitrogens is 5. The second kappa shape index (κ2) is 4.09. The van der Waals surface area contributed by atoms with Gasteiger partial charge in [-0.25, -0.2) is 10.1 Å². The van der Waals surface area contributed by atoms with Crippen molar-refractivity contribution in [3.05, 3.63) is 23.0 Å². The Bertz CT molecular complexity index is 536. The predicted octanol–water partition coefficient (Wildman–Crippen LogP) is 0.848. The van der Waals surface area contributed by atoms with Crippen LogP contribution in [0.2, 0.25) is 0 Å². The molecule has 6 nitrogen and oxygen atoms in total. The zero-order valence-corrected chi connectivity index (χ0v) is 10.3. The molecule has 0 aliphatic heterocycles. The fraction of sp³-hybridized carbons (Fsp3) is 0.444. The van der Waals surface area contributed by atoms with Crippen molar-refractivity contribution in [3.8, 4) is 0 Å². The Morgan fingerprint density at radius 1 is 1.50 bits per heavy atom. The fourth-order valence-electron chi connectivity index (χ4n) is 1.51. The van der Waals surface area contributed by atoms with Crippen LogP contribution in [0.15, 0.2) is 12.4 Å². The quantitative estimate of drug-likeness (QED) is 0.805. The number of aromatic amines is 1. The van der Waals surface area contributed by atoms with Gasteiger partial charge in [0, 0.05) is 33.5 Å². The number of nitrogens with one attached hydrogen (secondary N) is 1. The molecule has 0 saturated heterocycles. The minimum atomic E-state index is 0.613. The number of aryl methyl sites for hydroxylation is 1. The van der Waals surface area contributed by atoms with Crippen LogP contribution in [0.4, 0.5) is 5.95 Å². The van der Waals surface area contributed by atoms with Crippen LogP contribution in [0.25, 0.3) is 0 Å². The molecule has 0 unspecified atom stereocenters. The van der Waals surface area contributed by atoms with Crippen molar-refractivity contribution in [1.29, 1.82) is 0 Å². The van der Waals surface area contributed by atoms with Crippen molar-refractivity contribution in [2.45, 2.75) is 6.54 Å². The van der Waals surface area contributed by atoms with Crippen LogP contribution in [0.5, 0.6) is 0 Å². The first-order chi connectivity index (χ1) is 7.59. The summed E-state index contributed by atoms with van der Waals surface area (Å²) in [6.45, 7) is 0.691. The monoisotopic (exact) mass is 238 g/mol. The van der Waals surface area contributed by atoms with Gasteiger partial charge in [-0.05, 0) is 12.2 Å². The number of anilines is 1. The Kier molecular flexibility index (Phi) is 2.78. The van der Waals surface area contributed by atoms with E-state index < -0.39 is 0 Å². The van der Waals surface area contributed by atoms with E-state index in [-0.39, 0.29) is 0 Å². The number of rotatable bonds is 3. The first-order valence-electron chi connectivity index (χ1n) is 4.88. The van der Waals surface area contributed by atoms with E-state index in [2.05, 4.69) is 15.2 Å². The highest BCUT2D eigenvalue weighted by atomic mass is 32.1. The summed E-state index contributed by atoms with van der Waals surface area (Å²) in [5, 5.41) is 6.92. The molecule has 0 aliphatic carbocycles. The second-order valence-electron chi connectivity index (χ2n) is 3.70. The molecule has 86 valence electrons. The lowest BCUT2D eigenvalue weighted by Crippen LogP contribution is -2.22. The molecule has 1 N–H and O–H groups in total. The Hall–Kier alpha value is -1.63. The van der Waals surface area contributed by atoms with E-state index in [1.54, 1.807) is 6.20 Å². The molecule has 16 heavy (non-hydrogen) atoms. The summed E-state index contributed by atoms with van der Waals surface area (Å²) in [6.07, 6.45) is 3.71. The maximum Gasteiger partial charge on any atom is 0.225 e. The average Bonchev–Trinajstić information content (AvgIpc) is 2.77. The lowest BCUT2D eigenvalue weighted by Gasteiger charge is -2.16. The van der Waals surface area contributed by atoms with Gasteiger partial charge in [-0.1, -0.05) is 0 Å². The second-order valence-corrected chi connectivity index (χ2v) is 4.08. The molecule has 2 rings (SSSR count). The fourth-order valence-corrected chi connectivity index (χ4v) is 1.64. The third-order valence-electron chi connectivity index (χ3n) is 2.50. The molecule has 0 fully saturated rings. The van der Waals surface area contributed by atoms with Gasteiger partial charge in [0.15, 0.2) is 4.77 Å². The maximum atomic E-state index is 5.06. The van der Waals surface area contributed by atoms with Gasteiger partial charge >= 0.3 is 0 Å². The molecule has 0 amide bonds. The largest absolute Gasteiger partial charge is 0.337 e. The Labute approximate surface area is 98.5 Å². The van der Waals surface area contributed by atoms with Crippen LogP contribution >= 0.6 is 12.2 Å². The first-order valence-corrected chi connectivity index (χ1v) is 5.29. The van der Waals surface area contributed by atoms with Crippen LogP contribution in [-0.2, 0) is 20.6 Å². The van der Waals surface area contributed by atoms with Crippen LogP contribution in [-0.4, -0.2) is 31.4 Å². The molecule has 0 aliphatic rings. The average molecular weight is 238 g/mol. The van der Waals surface area contributed by atoms with Crippen LogP contribution in [0, 0.1) is 4.77 Å². The summed E-state index contributed by atoms with van der Waals surface area (Å²) < 4.78 is 4.43. The van der Waals surface area contributed by atoms with E-state index in [9.17, 15) is 0 Å². The van der Waals surface area contributed by atoms with Gasteiger partial charge in [-0.3, -0.25) is 4.57 Å². The third kappa shape index (κ3) is 1.85. The van der Waals surface area contributed by atoms with Crippen LogP contribution < -0.4 is 4.90 Å². The molecular formula is C9H14N6S. The van der Waals surface area contributed by atoms with Crippen LogP contribution in [0.1, 0.15) is 5.82 Å². The highest BCUT2D eigenvalue weighted by Gasteiger charge is 2.10. The third-order valence-corrected chi connectivity index (χ3v) is 2.86. The Balaban J connectivity index is 2.21. The van der Waals surface area contributed by atoms with E-state index in [4.69, 9.17) is 12.2 Å². The number of hydrogen-bond acceptors (Lipinski definition) is 4. The lowest BCUT2D eigenvalue weighted by atomic mass is 10.5. The molecule has 2 aromatic rings. The van der Waals surface area contributed by atoms with Gasteiger partial charge in [0.1, 0.15) is 5.82 Å². The highest BCUT2D eigenvalue weighted by molar-refractivity contribution is 7.71. The first kappa shape index (κ1) is 10.9. The molecule has 2 aromatic heterocycles. The molecule has 0 radical (unpaired) electrons. The predicted molar refractivity (Wildman–Crippen MR) is 63.7 cm³/mol. The van der Waals surface area contributed by atoms with Gasteiger partial charge in [-0.2, -0.15) is 0 Å². The van der Waals surface area contributed by atoms with Crippen molar-refractivity contribution in [2.24, 2.45) is 14.1 Å². The molecule has 2 heterocycles. The van der Waals surface area contributed by atoms with E-state index in [0.29, 0.717) is 11.3 Å². The van der Waals surface area contributed by atoms with Gasteiger partial charge in [0.05, 0.1) is 6.54 Å². The molecular weight excluding hydrogens is 224 g/mol. The summed E-state index contributed by atoms with van der Waals surface area (Å²) >= 11 is 5.06. The zero-order chi connectivity index (χ0) is 11.7. The van der Waals surface area contributed by atoms with Gasteiger partial charge < -0.3 is 9.47 Å². The van der Waals surface area contributed by atoms with Gasteiger partial charge in [0.25, 0.3) is 0 Å². The van der Waals surface area contributed by atoms with Crippen molar-refractivity contribution < 1.29 is 0 Å².